The Balaban J connectivity index is 2.19. The summed E-state index contributed by atoms with van der Waals surface area (Å²) in [6.07, 6.45) is 0.852. The summed E-state index contributed by atoms with van der Waals surface area (Å²) in [6.45, 7) is 1.79. The van der Waals surface area contributed by atoms with E-state index in [9.17, 15) is 19.5 Å². The topological polar surface area (TPSA) is 110 Å². The Morgan fingerprint density at radius 2 is 2.00 bits per heavy atom. The second-order valence-electron chi connectivity index (χ2n) is 6.12. The standard InChI is InChI=1S/C14H22N4O4/c1-17(2)5-9-3-10(8-19)7-18(6-9)13(21)11-4-12(20)16-14(22)15-11/h4,9-10,19H,3,5-8H2,1-2H3,(H2,15,16,20,22)/t9-,10+/m1/s1. The molecule has 22 heavy (non-hydrogen) atoms. The Morgan fingerprint density at radius 3 is 2.59 bits per heavy atom. The average Bonchev–Trinajstić information content (AvgIpc) is 2.44. The van der Waals surface area contributed by atoms with Crippen molar-refractivity contribution in [3.63, 3.8) is 0 Å². The molecule has 8 nitrogen and oxygen atoms in total. The summed E-state index contributed by atoms with van der Waals surface area (Å²) in [6, 6.07) is 1.09. The number of likely N-dealkylation sites (tertiary alicyclic amines) is 1. The number of hydrogen-bond acceptors (Lipinski definition) is 5. The third-order valence-electron chi connectivity index (χ3n) is 3.78. The largest absolute Gasteiger partial charge is 0.396 e. The molecule has 0 radical (unpaired) electrons. The molecule has 1 aliphatic rings. The third-order valence-corrected chi connectivity index (χ3v) is 3.78. The molecular weight excluding hydrogens is 288 g/mol. The molecule has 0 spiro atoms. The van der Waals surface area contributed by atoms with E-state index in [2.05, 4.69) is 4.98 Å². The molecule has 0 aromatic carbocycles. The number of aliphatic hydroxyl groups excluding tert-OH is 1. The summed E-state index contributed by atoms with van der Waals surface area (Å²) in [5.41, 5.74) is -1.32. The number of aromatic amines is 2. The number of rotatable bonds is 4. The first-order chi connectivity index (χ1) is 10.4. The highest BCUT2D eigenvalue weighted by Crippen LogP contribution is 2.23. The van der Waals surface area contributed by atoms with E-state index in [1.807, 2.05) is 24.0 Å². The number of nitrogens with one attached hydrogen (secondary N) is 2. The molecule has 0 saturated carbocycles. The first-order valence-electron chi connectivity index (χ1n) is 7.27. The van der Waals surface area contributed by atoms with E-state index in [-0.39, 0.29) is 30.0 Å². The maximum absolute atomic E-state index is 12.5. The number of aliphatic hydroxyl groups is 1. The van der Waals surface area contributed by atoms with Crippen molar-refractivity contribution in [1.29, 1.82) is 0 Å². The van der Waals surface area contributed by atoms with E-state index in [1.165, 1.54) is 0 Å². The van der Waals surface area contributed by atoms with Crippen LogP contribution in [-0.4, -0.2) is 71.1 Å². The van der Waals surface area contributed by atoms with Crippen molar-refractivity contribution in [3.05, 3.63) is 32.6 Å². The molecule has 1 aromatic heterocycles. The summed E-state index contributed by atoms with van der Waals surface area (Å²) < 4.78 is 0. The number of H-pyrrole nitrogens is 2. The Kier molecular flexibility index (Phi) is 5.15. The SMILES string of the molecule is CN(C)C[C@H]1C[C@H](CO)CN(C(=O)c2cc(=O)[nH]c(=O)[nH]2)C1. The monoisotopic (exact) mass is 310 g/mol. The van der Waals surface area contributed by atoms with Gasteiger partial charge in [-0.2, -0.15) is 0 Å². The van der Waals surface area contributed by atoms with Crippen LogP contribution in [-0.2, 0) is 0 Å². The molecular formula is C14H22N4O4. The molecule has 1 amide bonds. The van der Waals surface area contributed by atoms with Gasteiger partial charge in [-0.25, -0.2) is 4.79 Å². The fourth-order valence-electron chi connectivity index (χ4n) is 3.02. The highest BCUT2D eigenvalue weighted by Gasteiger charge is 2.30. The van der Waals surface area contributed by atoms with E-state index >= 15 is 0 Å². The zero-order chi connectivity index (χ0) is 16.3. The fourth-order valence-corrected chi connectivity index (χ4v) is 3.02. The number of amides is 1. The highest BCUT2D eigenvalue weighted by atomic mass is 16.3. The Bertz CT molecular complexity index is 608. The second kappa shape index (κ2) is 6.89. The lowest BCUT2D eigenvalue weighted by Crippen LogP contribution is -2.48. The van der Waals surface area contributed by atoms with Crippen LogP contribution in [0.3, 0.4) is 0 Å². The van der Waals surface area contributed by atoms with Crippen LogP contribution in [0.5, 0.6) is 0 Å². The number of carbonyl (C=O) groups excluding carboxylic acids is 1. The molecule has 2 atom stereocenters. The van der Waals surface area contributed by atoms with Gasteiger partial charge in [0.15, 0.2) is 0 Å². The van der Waals surface area contributed by atoms with Gasteiger partial charge in [0.05, 0.1) is 0 Å². The van der Waals surface area contributed by atoms with Crippen LogP contribution >= 0.6 is 0 Å². The second-order valence-corrected chi connectivity index (χ2v) is 6.12. The molecule has 1 aromatic rings. The van der Waals surface area contributed by atoms with E-state index in [0.717, 1.165) is 19.0 Å². The van der Waals surface area contributed by atoms with E-state index in [1.54, 1.807) is 4.90 Å². The van der Waals surface area contributed by atoms with Gasteiger partial charge in [0.2, 0.25) is 0 Å². The summed E-state index contributed by atoms with van der Waals surface area (Å²) in [4.78, 5) is 43.2. The van der Waals surface area contributed by atoms with Gasteiger partial charge in [0.25, 0.3) is 11.5 Å². The lowest BCUT2D eigenvalue weighted by molar-refractivity contribution is 0.0472. The molecule has 1 fully saturated rings. The normalized spacial score (nSPS) is 22.1. The van der Waals surface area contributed by atoms with Crippen molar-refractivity contribution < 1.29 is 9.90 Å². The van der Waals surface area contributed by atoms with E-state index in [4.69, 9.17) is 0 Å². The van der Waals surface area contributed by atoms with Gasteiger partial charge in [0, 0.05) is 32.3 Å². The maximum atomic E-state index is 12.5. The lowest BCUT2D eigenvalue weighted by atomic mass is 9.89. The van der Waals surface area contributed by atoms with Crippen molar-refractivity contribution in [2.75, 3.05) is 40.3 Å². The highest BCUT2D eigenvalue weighted by molar-refractivity contribution is 5.92. The van der Waals surface area contributed by atoms with Gasteiger partial charge in [0.1, 0.15) is 5.69 Å². The van der Waals surface area contributed by atoms with Crippen LogP contribution in [0, 0.1) is 11.8 Å². The number of aromatic nitrogens is 2. The minimum absolute atomic E-state index is 0.0105. The minimum atomic E-state index is -0.698. The predicted octanol–water partition coefficient (Wildman–Crippen LogP) is -1.30. The van der Waals surface area contributed by atoms with Crippen LogP contribution in [0.2, 0.25) is 0 Å². The van der Waals surface area contributed by atoms with Gasteiger partial charge in [-0.15, -0.1) is 0 Å². The van der Waals surface area contributed by atoms with Crippen LogP contribution < -0.4 is 11.2 Å². The van der Waals surface area contributed by atoms with Gasteiger partial charge in [-0.3, -0.25) is 14.6 Å². The summed E-state index contributed by atoms with van der Waals surface area (Å²) in [5, 5.41) is 9.44. The molecule has 2 rings (SSSR count). The van der Waals surface area contributed by atoms with Crippen LogP contribution in [0.15, 0.2) is 15.7 Å². The summed E-state index contributed by atoms with van der Waals surface area (Å²) >= 11 is 0. The first kappa shape index (κ1) is 16.4. The predicted molar refractivity (Wildman–Crippen MR) is 80.8 cm³/mol. The smallest absolute Gasteiger partial charge is 0.326 e. The van der Waals surface area contributed by atoms with E-state index in [0.29, 0.717) is 13.1 Å². The van der Waals surface area contributed by atoms with Crippen molar-refractivity contribution in [2.24, 2.45) is 11.8 Å². The Hall–Kier alpha value is -1.93. The Morgan fingerprint density at radius 1 is 1.32 bits per heavy atom. The number of hydrogen-bond donors (Lipinski definition) is 3. The molecule has 0 bridgehead atoms. The van der Waals surface area contributed by atoms with Gasteiger partial charge in [-0.05, 0) is 32.4 Å². The molecule has 3 N–H and O–H groups in total. The maximum Gasteiger partial charge on any atom is 0.326 e. The zero-order valence-electron chi connectivity index (χ0n) is 12.8. The average molecular weight is 310 g/mol. The van der Waals surface area contributed by atoms with Crippen molar-refractivity contribution >= 4 is 5.91 Å². The van der Waals surface area contributed by atoms with Crippen LogP contribution in [0.1, 0.15) is 16.9 Å². The molecule has 0 unspecified atom stereocenters. The Labute approximate surface area is 127 Å². The molecule has 122 valence electrons. The van der Waals surface area contributed by atoms with Gasteiger partial charge in [-0.1, -0.05) is 0 Å². The lowest BCUT2D eigenvalue weighted by Gasteiger charge is -2.38. The third kappa shape index (κ3) is 4.05. The van der Waals surface area contributed by atoms with Gasteiger partial charge < -0.3 is 19.9 Å². The van der Waals surface area contributed by atoms with Crippen molar-refractivity contribution in [1.82, 2.24) is 19.8 Å². The minimum Gasteiger partial charge on any atom is -0.396 e. The molecule has 1 aliphatic heterocycles. The quantitative estimate of drug-likeness (QED) is 0.640. The van der Waals surface area contributed by atoms with E-state index < -0.39 is 11.2 Å². The van der Waals surface area contributed by atoms with Crippen molar-refractivity contribution in [2.45, 2.75) is 6.42 Å². The molecule has 2 heterocycles. The number of carbonyl (C=O) groups is 1. The first-order valence-corrected chi connectivity index (χ1v) is 7.27. The van der Waals surface area contributed by atoms with Crippen LogP contribution in [0.25, 0.3) is 0 Å². The number of nitrogens with zero attached hydrogens (tertiary/aromatic N) is 2. The number of piperidine rings is 1. The molecule has 8 heteroatoms. The van der Waals surface area contributed by atoms with Gasteiger partial charge >= 0.3 is 5.69 Å². The molecule has 0 aliphatic carbocycles. The summed E-state index contributed by atoms with van der Waals surface area (Å²) in [5.74, 6) is -0.125. The van der Waals surface area contributed by atoms with Crippen molar-refractivity contribution in [3.8, 4) is 0 Å². The van der Waals surface area contributed by atoms with Crippen LogP contribution in [0.4, 0.5) is 0 Å². The fraction of sp³-hybridized carbons (Fsp3) is 0.643. The zero-order valence-corrected chi connectivity index (χ0v) is 12.8. The molecule has 1 saturated heterocycles. The summed E-state index contributed by atoms with van der Waals surface area (Å²) in [7, 11) is 3.92.